The second-order valence-corrected chi connectivity index (χ2v) is 5.81. The first kappa shape index (κ1) is 16.0. The van der Waals surface area contributed by atoms with E-state index in [9.17, 15) is 9.90 Å². The lowest BCUT2D eigenvalue weighted by Gasteiger charge is -2.35. The number of hydrogen-bond donors (Lipinski definition) is 1. The van der Waals surface area contributed by atoms with Crippen LogP contribution >= 0.6 is 11.6 Å². The third kappa shape index (κ3) is 3.84. The highest BCUT2D eigenvalue weighted by atomic mass is 35.5. The quantitative estimate of drug-likeness (QED) is 0.850. The zero-order chi connectivity index (χ0) is 15.6. The minimum atomic E-state index is -0.990. The predicted octanol–water partition coefficient (Wildman–Crippen LogP) is 1.51. The van der Waals surface area contributed by atoms with Crippen molar-refractivity contribution in [2.45, 2.75) is 13.0 Å². The average molecular weight is 314 g/mol. The molecule has 1 aromatic heterocycles. The molecular formula is C14H20ClN3O3. The highest BCUT2D eigenvalue weighted by Gasteiger charge is 2.24. The maximum atomic E-state index is 11.3. The number of nitrogens with zero attached hydrogens (tertiary/aromatic N) is 3. The molecule has 0 bridgehead atoms. The molecule has 1 saturated heterocycles. The number of aromatic carboxylic acids is 1. The first-order valence-electron chi connectivity index (χ1n) is 6.80. The molecule has 1 aliphatic rings. The number of anilines is 1. The van der Waals surface area contributed by atoms with Crippen LogP contribution in [-0.2, 0) is 4.74 Å². The molecule has 1 atom stereocenters. The Balaban J connectivity index is 2.23. The molecule has 0 saturated carbocycles. The van der Waals surface area contributed by atoms with Gasteiger partial charge in [0.25, 0.3) is 0 Å². The van der Waals surface area contributed by atoms with Gasteiger partial charge in [-0.25, -0.2) is 9.78 Å². The lowest BCUT2D eigenvalue weighted by Crippen LogP contribution is -2.46. The van der Waals surface area contributed by atoms with Crippen molar-refractivity contribution in [3.8, 4) is 0 Å². The van der Waals surface area contributed by atoms with Gasteiger partial charge in [-0.1, -0.05) is 11.6 Å². The van der Waals surface area contributed by atoms with Gasteiger partial charge < -0.3 is 19.6 Å². The third-order valence-corrected chi connectivity index (χ3v) is 3.83. The third-order valence-electron chi connectivity index (χ3n) is 3.46. The largest absolute Gasteiger partial charge is 0.478 e. The van der Waals surface area contributed by atoms with Crippen LogP contribution in [0.5, 0.6) is 0 Å². The molecule has 0 aliphatic carbocycles. The summed E-state index contributed by atoms with van der Waals surface area (Å²) in [4.78, 5) is 19.7. The van der Waals surface area contributed by atoms with Crippen molar-refractivity contribution in [3.05, 3.63) is 22.3 Å². The summed E-state index contributed by atoms with van der Waals surface area (Å²) in [6.45, 7) is 4.41. The Labute approximate surface area is 129 Å². The van der Waals surface area contributed by atoms with E-state index in [0.717, 1.165) is 6.54 Å². The maximum absolute atomic E-state index is 11.3. The molecule has 21 heavy (non-hydrogen) atoms. The van der Waals surface area contributed by atoms with Gasteiger partial charge in [-0.2, -0.15) is 0 Å². The lowest BCUT2D eigenvalue weighted by molar-refractivity contribution is 0.0245. The van der Waals surface area contributed by atoms with Crippen molar-refractivity contribution in [1.82, 2.24) is 9.88 Å². The number of morpholine rings is 1. The van der Waals surface area contributed by atoms with Crippen molar-refractivity contribution < 1.29 is 14.6 Å². The molecule has 1 aromatic rings. The van der Waals surface area contributed by atoms with E-state index < -0.39 is 5.97 Å². The Morgan fingerprint density at radius 3 is 2.95 bits per heavy atom. The van der Waals surface area contributed by atoms with Crippen molar-refractivity contribution in [2.75, 3.05) is 45.2 Å². The van der Waals surface area contributed by atoms with E-state index >= 15 is 0 Å². The van der Waals surface area contributed by atoms with E-state index in [0.29, 0.717) is 31.1 Å². The van der Waals surface area contributed by atoms with Crippen LogP contribution in [0.4, 0.5) is 5.82 Å². The number of halogens is 1. The van der Waals surface area contributed by atoms with Crippen LogP contribution in [0.2, 0.25) is 5.15 Å². The van der Waals surface area contributed by atoms with Gasteiger partial charge in [-0.05, 0) is 27.1 Å². The summed E-state index contributed by atoms with van der Waals surface area (Å²) in [5, 5.41) is 9.48. The van der Waals surface area contributed by atoms with Crippen LogP contribution in [-0.4, -0.2) is 67.4 Å². The number of carbonyl (C=O) groups is 1. The van der Waals surface area contributed by atoms with Gasteiger partial charge in [-0.15, -0.1) is 0 Å². The summed E-state index contributed by atoms with van der Waals surface area (Å²) < 4.78 is 5.71. The van der Waals surface area contributed by atoms with Gasteiger partial charge in [0.15, 0.2) is 0 Å². The van der Waals surface area contributed by atoms with E-state index in [1.54, 1.807) is 13.0 Å². The minimum absolute atomic E-state index is 0.0731. The Kier molecular flexibility index (Phi) is 5.03. The molecular weight excluding hydrogens is 294 g/mol. The molecule has 1 fully saturated rings. The summed E-state index contributed by atoms with van der Waals surface area (Å²) >= 11 is 6.06. The fraction of sp³-hybridized carbons (Fsp3) is 0.571. The number of aromatic nitrogens is 1. The molecule has 1 unspecified atom stereocenters. The smallest absolute Gasteiger partial charge is 0.336 e. The van der Waals surface area contributed by atoms with Crippen LogP contribution in [0.1, 0.15) is 15.9 Å². The molecule has 0 aromatic carbocycles. The van der Waals surface area contributed by atoms with Gasteiger partial charge >= 0.3 is 5.97 Å². The van der Waals surface area contributed by atoms with Crippen LogP contribution in [0.15, 0.2) is 6.07 Å². The summed E-state index contributed by atoms with van der Waals surface area (Å²) in [7, 11) is 3.98. The number of hydrogen-bond acceptors (Lipinski definition) is 5. The highest BCUT2D eigenvalue weighted by Crippen LogP contribution is 2.24. The van der Waals surface area contributed by atoms with Crippen LogP contribution in [0.25, 0.3) is 0 Å². The van der Waals surface area contributed by atoms with Gasteiger partial charge in [-0.3, -0.25) is 0 Å². The molecule has 0 amide bonds. The summed E-state index contributed by atoms with van der Waals surface area (Å²) in [6, 6.07) is 1.58. The standard InChI is InChI=1S/C14H20ClN3O3/c1-9-11(14(19)20)6-12(16-13(9)15)18-4-5-21-10(8-18)7-17(2)3/h6,10H,4-5,7-8H2,1-3H3,(H,19,20). The minimum Gasteiger partial charge on any atom is -0.478 e. The monoisotopic (exact) mass is 313 g/mol. The number of pyridine rings is 1. The van der Waals surface area contributed by atoms with Gasteiger partial charge in [0.2, 0.25) is 0 Å². The number of rotatable bonds is 4. The Morgan fingerprint density at radius 1 is 1.62 bits per heavy atom. The highest BCUT2D eigenvalue weighted by molar-refractivity contribution is 6.30. The van der Waals surface area contributed by atoms with Gasteiger partial charge in [0.1, 0.15) is 11.0 Å². The van der Waals surface area contributed by atoms with Gasteiger partial charge in [0, 0.05) is 25.2 Å². The van der Waals surface area contributed by atoms with E-state index in [1.807, 2.05) is 19.0 Å². The first-order chi connectivity index (χ1) is 9.88. The van der Waals surface area contributed by atoms with E-state index in [1.165, 1.54) is 0 Å². The van der Waals surface area contributed by atoms with Gasteiger partial charge in [0.05, 0.1) is 18.3 Å². The SMILES string of the molecule is Cc1c(C(=O)O)cc(N2CCOC(CN(C)C)C2)nc1Cl. The Hall–Kier alpha value is -1.37. The maximum Gasteiger partial charge on any atom is 0.336 e. The molecule has 1 N–H and O–H groups in total. The lowest BCUT2D eigenvalue weighted by atomic mass is 10.1. The van der Waals surface area contributed by atoms with E-state index in [4.69, 9.17) is 16.3 Å². The predicted molar refractivity (Wildman–Crippen MR) is 81.5 cm³/mol. The Bertz CT molecular complexity index is 536. The average Bonchev–Trinajstić information content (AvgIpc) is 2.41. The topological polar surface area (TPSA) is 65.9 Å². The van der Waals surface area contributed by atoms with Crippen LogP contribution in [0, 0.1) is 6.92 Å². The molecule has 2 heterocycles. The summed E-state index contributed by atoms with van der Waals surface area (Å²) in [5.41, 5.74) is 0.687. The van der Waals surface area contributed by atoms with E-state index in [-0.39, 0.29) is 16.8 Å². The van der Waals surface area contributed by atoms with Crippen molar-refractivity contribution in [2.24, 2.45) is 0 Å². The fourth-order valence-electron chi connectivity index (χ4n) is 2.39. The molecule has 116 valence electrons. The number of ether oxygens (including phenoxy) is 1. The van der Waals surface area contributed by atoms with Crippen LogP contribution < -0.4 is 4.90 Å². The molecule has 0 spiro atoms. The number of carboxylic acids is 1. The zero-order valence-corrected chi connectivity index (χ0v) is 13.2. The second kappa shape index (κ2) is 6.60. The number of carboxylic acid groups (broad SMARTS) is 1. The normalized spacial score (nSPS) is 19.1. The molecule has 1 aliphatic heterocycles. The summed E-state index contributed by atoms with van der Waals surface area (Å²) in [5.74, 6) is -0.397. The van der Waals surface area contributed by atoms with Crippen molar-refractivity contribution in [3.63, 3.8) is 0 Å². The molecule has 0 radical (unpaired) electrons. The van der Waals surface area contributed by atoms with Crippen molar-refractivity contribution in [1.29, 1.82) is 0 Å². The second-order valence-electron chi connectivity index (χ2n) is 5.45. The Morgan fingerprint density at radius 2 is 2.33 bits per heavy atom. The molecule has 2 rings (SSSR count). The molecule has 6 nitrogen and oxygen atoms in total. The summed E-state index contributed by atoms with van der Waals surface area (Å²) in [6.07, 6.45) is 0.0731. The van der Waals surface area contributed by atoms with E-state index in [2.05, 4.69) is 9.88 Å². The van der Waals surface area contributed by atoms with Crippen molar-refractivity contribution >= 4 is 23.4 Å². The van der Waals surface area contributed by atoms with Crippen LogP contribution in [0.3, 0.4) is 0 Å². The number of likely N-dealkylation sites (N-methyl/N-ethyl adjacent to an activating group) is 1. The zero-order valence-electron chi connectivity index (χ0n) is 12.5. The molecule has 7 heteroatoms. The fourth-order valence-corrected chi connectivity index (χ4v) is 2.58. The first-order valence-corrected chi connectivity index (χ1v) is 7.18.